The molecule has 0 radical (unpaired) electrons. The molecular weight excluding hydrogens is 256 g/mol. The molecule has 0 fully saturated rings. The molecule has 0 aliphatic rings. The molecular formula is C16H24O2S. The summed E-state index contributed by atoms with van der Waals surface area (Å²) < 4.78 is 0. The molecule has 0 saturated heterocycles. The van der Waals surface area contributed by atoms with Crippen LogP contribution in [0.25, 0.3) is 0 Å². The number of rotatable bonds is 6. The van der Waals surface area contributed by atoms with E-state index in [-0.39, 0.29) is 6.47 Å². The lowest BCUT2D eigenvalue weighted by molar-refractivity contribution is -0.122. The van der Waals surface area contributed by atoms with Crippen molar-refractivity contribution >= 4 is 18.2 Å². The molecule has 1 rings (SSSR count). The minimum absolute atomic E-state index is 0.250. The van der Waals surface area contributed by atoms with Gasteiger partial charge in [0.1, 0.15) is 0 Å². The molecule has 0 aromatic heterocycles. The first-order chi connectivity index (χ1) is 9.17. The molecule has 106 valence electrons. The molecule has 0 heterocycles. The average Bonchev–Trinajstić information content (AvgIpc) is 2.40. The van der Waals surface area contributed by atoms with Crippen LogP contribution in [0.1, 0.15) is 39.2 Å². The first-order valence-corrected chi connectivity index (χ1v) is 7.61. The lowest BCUT2D eigenvalue weighted by Crippen LogP contribution is -1.84. The highest BCUT2D eigenvalue weighted by Crippen LogP contribution is 2.21. The predicted molar refractivity (Wildman–Crippen MR) is 83.9 cm³/mol. The van der Waals surface area contributed by atoms with Crippen molar-refractivity contribution in [3.05, 3.63) is 41.5 Å². The van der Waals surface area contributed by atoms with E-state index < -0.39 is 0 Å². The van der Waals surface area contributed by atoms with Gasteiger partial charge in [0.2, 0.25) is 0 Å². The van der Waals surface area contributed by atoms with E-state index in [4.69, 9.17) is 9.90 Å². The summed E-state index contributed by atoms with van der Waals surface area (Å²) in [6, 6.07) is 9.00. The van der Waals surface area contributed by atoms with Crippen LogP contribution in [0.4, 0.5) is 0 Å². The molecule has 0 aliphatic carbocycles. The van der Waals surface area contributed by atoms with Crippen molar-refractivity contribution in [2.24, 2.45) is 0 Å². The molecule has 0 aliphatic heterocycles. The summed E-state index contributed by atoms with van der Waals surface area (Å²) >= 11 is 1.93. The third-order valence-electron chi connectivity index (χ3n) is 2.48. The van der Waals surface area contributed by atoms with Crippen molar-refractivity contribution < 1.29 is 9.90 Å². The maximum Gasteiger partial charge on any atom is 0.290 e. The number of aryl methyl sites for hydroxylation is 1. The van der Waals surface area contributed by atoms with Crippen LogP contribution in [0.3, 0.4) is 0 Å². The van der Waals surface area contributed by atoms with Gasteiger partial charge in [0.15, 0.2) is 0 Å². The summed E-state index contributed by atoms with van der Waals surface area (Å²) in [6.07, 6.45) is 5.87. The molecule has 3 heteroatoms. The van der Waals surface area contributed by atoms with Crippen LogP contribution in [0.5, 0.6) is 0 Å². The normalized spacial score (nSPS) is 10.6. The van der Waals surface area contributed by atoms with Gasteiger partial charge in [-0.15, -0.1) is 11.8 Å². The van der Waals surface area contributed by atoms with Crippen molar-refractivity contribution in [1.82, 2.24) is 0 Å². The minimum atomic E-state index is -0.250. The van der Waals surface area contributed by atoms with Gasteiger partial charge in [-0.05, 0) is 37.5 Å². The van der Waals surface area contributed by atoms with E-state index in [9.17, 15) is 0 Å². The fourth-order valence-electron chi connectivity index (χ4n) is 1.65. The van der Waals surface area contributed by atoms with Crippen molar-refractivity contribution in [2.75, 3.05) is 5.75 Å². The summed E-state index contributed by atoms with van der Waals surface area (Å²) in [7, 11) is 0. The fraction of sp³-hybridized carbons (Fsp3) is 0.438. The highest BCUT2D eigenvalue weighted by molar-refractivity contribution is 7.99. The number of hydrogen-bond donors (Lipinski definition) is 1. The summed E-state index contributed by atoms with van der Waals surface area (Å²) in [5, 5.41) is 6.89. The third kappa shape index (κ3) is 9.37. The maximum absolute atomic E-state index is 8.36. The topological polar surface area (TPSA) is 37.3 Å². The van der Waals surface area contributed by atoms with Crippen molar-refractivity contribution in [2.45, 2.75) is 44.9 Å². The zero-order valence-electron chi connectivity index (χ0n) is 12.1. The van der Waals surface area contributed by atoms with Crippen LogP contribution in [0.2, 0.25) is 0 Å². The average molecular weight is 280 g/mol. The van der Waals surface area contributed by atoms with Gasteiger partial charge in [0.05, 0.1) is 0 Å². The Morgan fingerprint density at radius 1 is 1.26 bits per heavy atom. The number of thioether (sulfide) groups is 1. The molecule has 1 aromatic rings. The molecule has 0 spiro atoms. The first kappa shape index (κ1) is 17.8. The van der Waals surface area contributed by atoms with E-state index >= 15 is 0 Å². The third-order valence-corrected chi connectivity index (χ3v) is 3.69. The van der Waals surface area contributed by atoms with E-state index in [2.05, 4.69) is 51.1 Å². The number of allylic oxidation sites excluding steroid dienone is 1. The zero-order valence-corrected chi connectivity index (χ0v) is 12.9. The summed E-state index contributed by atoms with van der Waals surface area (Å²) in [5.74, 6) is 1.11. The fourth-order valence-corrected chi connectivity index (χ4v) is 2.49. The monoisotopic (exact) mass is 280 g/mol. The maximum atomic E-state index is 8.36. The van der Waals surface area contributed by atoms with Gasteiger partial charge in [-0.3, -0.25) is 4.79 Å². The van der Waals surface area contributed by atoms with E-state index in [1.165, 1.54) is 28.9 Å². The number of hydrogen-bond acceptors (Lipinski definition) is 2. The van der Waals surface area contributed by atoms with Crippen LogP contribution in [-0.4, -0.2) is 17.3 Å². The van der Waals surface area contributed by atoms with Gasteiger partial charge in [-0.2, -0.15) is 0 Å². The van der Waals surface area contributed by atoms with Gasteiger partial charge in [0.25, 0.3) is 6.47 Å². The quantitative estimate of drug-likeness (QED) is 0.462. The smallest absolute Gasteiger partial charge is 0.290 e. The molecule has 19 heavy (non-hydrogen) atoms. The molecule has 0 unspecified atom stereocenters. The Balaban J connectivity index is 0.000000982. The summed E-state index contributed by atoms with van der Waals surface area (Å²) in [5.41, 5.74) is 2.93. The lowest BCUT2D eigenvalue weighted by Gasteiger charge is -2.03. The first-order valence-electron chi connectivity index (χ1n) is 6.63. The van der Waals surface area contributed by atoms with Crippen molar-refractivity contribution in [3.8, 4) is 0 Å². The van der Waals surface area contributed by atoms with Gasteiger partial charge in [-0.25, -0.2) is 0 Å². The standard InChI is InChI=1S/C15H22S.CH2O2/c1-4-6-13(3)12-16-15-10-8-14(7-5-2)9-11-15;2-1-3/h6,8-11H,4-5,7,12H2,1-3H3;1H,(H,2,3)/b13-6-;. The Labute approximate surface area is 120 Å². The number of carbonyl (C=O) groups is 1. The SMILES string of the molecule is CC/C=C(/C)CSc1ccc(CCC)cc1.O=CO. The highest BCUT2D eigenvalue weighted by Gasteiger charge is 1.96. The van der Waals surface area contributed by atoms with Crippen molar-refractivity contribution in [3.63, 3.8) is 0 Å². The highest BCUT2D eigenvalue weighted by atomic mass is 32.2. The lowest BCUT2D eigenvalue weighted by atomic mass is 10.1. The summed E-state index contributed by atoms with van der Waals surface area (Å²) in [6.45, 7) is 6.37. The van der Waals surface area contributed by atoms with Gasteiger partial charge >= 0.3 is 0 Å². The molecule has 0 amide bonds. The van der Waals surface area contributed by atoms with E-state index in [1.807, 2.05) is 11.8 Å². The Morgan fingerprint density at radius 2 is 1.84 bits per heavy atom. The molecule has 1 N–H and O–H groups in total. The Morgan fingerprint density at radius 3 is 2.32 bits per heavy atom. The van der Waals surface area contributed by atoms with Gasteiger partial charge in [-0.1, -0.05) is 44.1 Å². The minimum Gasteiger partial charge on any atom is -0.483 e. The molecule has 2 nitrogen and oxygen atoms in total. The number of carboxylic acid groups (broad SMARTS) is 1. The second kappa shape index (κ2) is 11.8. The molecule has 0 bridgehead atoms. The van der Waals surface area contributed by atoms with Crippen molar-refractivity contribution in [1.29, 1.82) is 0 Å². The Kier molecular flexibility index (Phi) is 11.1. The van der Waals surface area contributed by atoms with Crippen LogP contribution >= 0.6 is 11.8 Å². The largest absolute Gasteiger partial charge is 0.483 e. The molecule has 0 atom stereocenters. The van der Waals surface area contributed by atoms with Gasteiger partial charge < -0.3 is 5.11 Å². The zero-order chi connectivity index (χ0) is 14.5. The van der Waals surface area contributed by atoms with E-state index in [1.54, 1.807) is 0 Å². The second-order valence-electron chi connectivity index (χ2n) is 4.25. The van der Waals surface area contributed by atoms with Gasteiger partial charge in [0, 0.05) is 10.6 Å². The molecule has 1 aromatic carbocycles. The van der Waals surface area contributed by atoms with Crippen LogP contribution in [-0.2, 0) is 11.2 Å². The Bertz CT molecular complexity index is 369. The number of benzene rings is 1. The predicted octanol–water partition coefficient (Wildman–Crippen LogP) is 4.79. The van der Waals surface area contributed by atoms with E-state index in [0.29, 0.717) is 0 Å². The van der Waals surface area contributed by atoms with Crippen LogP contribution in [0, 0.1) is 0 Å². The van der Waals surface area contributed by atoms with Crippen LogP contribution < -0.4 is 0 Å². The second-order valence-corrected chi connectivity index (χ2v) is 5.30. The molecule has 0 saturated carbocycles. The Hall–Kier alpha value is -1.22. The summed E-state index contributed by atoms with van der Waals surface area (Å²) in [4.78, 5) is 9.74. The van der Waals surface area contributed by atoms with E-state index in [0.717, 1.165) is 12.2 Å². The van der Waals surface area contributed by atoms with Crippen LogP contribution in [0.15, 0.2) is 40.8 Å².